The average Bonchev–Trinajstić information content (AvgIpc) is 3.20. The molecule has 0 radical (unpaired) electrons. The van der Waals surface area contributed by atoms with Gasteiger partial charge in [0.1, 0.15) is 22.8 Å². The van der Waals surface area contributed by atoms with Gasteiger partial charge in [-0.1, -0.05) is 46.3 Å². The fourth-order valence-electron chi connectivity index (χ4n) is 3.63. The minimum atomic E-state index is -1.11. The second-order valence-corrected chi connectivity index (χ2v) is 7.81. The third kappa shape index (κ3) is 2.97. The quantitative estimate of drug-likeness (QED) is 0.441. The van der Waals surface area contributed by atoms with Crippen molar-refractivity contribution in [1.82, 2.24) is 10.2 Å². The Morgan fingerprint density at radius 2 is 2.00 bits per heavy atom. The SMILES string of the molecule is NC1(Cc2oc3ccc(Br)cc3c(=O)c2-c2ccccc2)N=CNc2[nH]ncc21. The predicted octanol–water partition coefficient (Wildman–Crippen LogP) is 3.75. The van der Waals surface area contributed by atoms with E-state index in [0.717, 1.165) is 10.0 Å². The zero-order chi connectivity index (χ0) is 20.0. The lowest BCUT2D eigenvalue weighted by Crippen LogP contribution is -2.40. The van der Waals surface area contributed by atoms with E-state index < -0.39 is 5.66 Å². The summed E-state index contributed by atoms with van der Waals surface area (Å²) >= 11 is 3.43. The molecule has 0 aliphatic carbocycles. The van der Waals surface area contributed by atoms with Crippen LogP contribution in [0.2, 0.25) is 0 Å². The van der Waals surface area contributed by atoms with Crippen molar-refractivity contribution in [2.75, 3.05) is 5.32 Å². The lowest BCUT2D eigenvalue weighted by Gasteiger charge is -2.28. The molecule has 1 atom stereocenters. The average molecular weight is 450 g/mol. The van der Waals surface area contributed by atoms with Crippen LogP contribution in [-0.2, 0) is 12.1 Å². The molecule has 0 fully saturated rings. The number of fused-ring (bicyclic) bond motifs is 2. The summed E-state index contributed by atoms with van der Waals surface area (Å²) in [6, 6.07) is 14.8. The van der Waals surface area contributed by atoms with Gasteiger partial charge in [0.05, 0.1) is 29.0 Å². The molecule has 0 spiro atoms. The molecule has 8 heteroatoms. The maximum Gasteiger partial charge on any atom is 0.200 e. The van der Waals surface area contributed by atoms with Gasteiger partial charge in [0.25, 0.3) is 0 Å². The Balaban J connectivity index is 1.75. The smallest absolute Gasteiger partial charge is 0.200 e. The summed E-state index contributed by atoms with van der Waals surface area (Å²) in [4.78, 5) is 17.9. The molecule has 5 rings (SSSR count). The Bertz CT molecular complexity index is 1310. The molecule has 1 aliphatic heterocycles. The minimum absolute atomic E-state index is 0.109. The maximum absolute atomic E-state index is 13.5. The highest BCUT2D eigenvalue weighted by molar-refractivity contribution is 9.10. The third-order valence-corrected chi connectivity index (χ3v) is 5.52. The number of H-pyrrole nitrogens is 1. The lowest BCUT2D eigenvalue weighted by atomic mass is 9.92. The number of nitrogens with two attached hydrogens (primary N) is 1. The molecule has 0 saturated heterocycles. The highest BCUT2D eigenvalue weighted by atomic mass is 79.9. The number of aromatic nitrogens is 2. The molecule has 4 aromatic rings. The van der Waals surface area contributed by atoms with E-state index in [1.165, 1.54) is 6.34 Å². The molecule has 2 aromatic carbocycles. The van der Waals surface area contributed by atoms with Gasteiger partial charge in [-0.2, -0.15) is 5.10 Å². The summed E-state index contributed by atoms with van der Waals surface area (Å²) in [5.41, 5.74) is 7.89. The molecule has 29 heavy (non-hydrogen) atoms. The molecule has 7 nitrogen and oxygen atoms in total. The van der Waals surface area contributed by atoms with Gasteiger partial charge in [0.2, 0.25) is 5.43 Å². The van der Waals surface area contributed by atoms with Crippen LogP contribution in [0.4, 0.5) is 5.82 Å². The molecule has 1 unspecified atom stereocenters. The van der Waals surface area contributed by atoms with Crippen molar-refractivity contribution in [1.29, 1.82) is 0 Å². The van der Waals surface area contributed by atoms with Gasteiger partial charge in [-0.25, -0.2) is 4.99 Å². The van der Waals surface area contributed by atoms with E-state index in [1.54, 1.807) is 18.3 Å². The Morgan fingerprint density at radius 1 is 1.17 bits per heavy atom. The third-order valence-electron chi connectivity index (χ3n) is 5.03. The van der Waals surface area contributed by atoms with Crippen molar-refractivity contribution in [2.45, 2.75) is 12.1 Å². The van der Waals surface area contributed by atoms with E-state index in [1.807, 2.05) is 36.4 Å². The van der Waals surface area contributed by atoms with Crippen LogP contribution < -0.4 is 16.5 Å². The van der Waals surface area contributed by atoms with Gasteiger partial charge in [-0.15, -0.1) is 0 Å². The molecule has 0 amide bonds. The van der Waals surface area contributed by atoms with Crippen LogP contribution in [0.15, 0.2) is 73.4 Å². The van der Waals surface area contributed by atoms with Crippen LogP contribution in [0.5, 0.6) is 0 Å². The zero-order valence-electron chi connectivity index (χ0n) is 15.1. The van der Waals surface area contributed by atoms with Crippen LogP contribution >= 0.6 is 15.9 Å². The van der Waals surface area contributed by atoms with Gasteiger partial charge in [-0.3, -0.25) is 9.89 Å². The molecule has 0 bridgehead atoms. The Hall–Kier alpha value is -3.23. The first-order valence-electron chi connectivity index (χ1n) is 8.99. The second kappa shape index (κ2) is 6.68. The van der Waals surface area contributed by atoms with Crippen molar-refractivity contribution in [3.63, 3.8) is 0 Å². The first-order valence-corrected chi connectivity index (χ1v) is 9.78. The predicted molar refractivity (Wildman–Crippen MR) is 116 cm³/mol. The highest BCUT2D eigenvalue weighted by Gasteiger charge is 2.35. The van der Waals surface area contributed by atoms with Gasteiger partial charge < -0.3 is 15.5 Å². The van der Waals surface area contributed by atoms with E-state index in [4.69, 9.17) is 10.2 Å². The number of anilines is 1. The lowest BCUT2D eigenvalue weighted by molar-refractivity contribution is 0.410. The number of benzene rings is 2. The van der Waals surface area contributed by atoms with Crippen LogP contribution in [0.3, 0.4) is 0 Å². The van der Waals surface area contributed by atoms with E-state index in [9.17, 15) is 4.79 Å². The molecule has 4 N–H and O–H groups in total. The number of aromatic amines is 1. The molecular formula is C21H16BrN5O2. The normalized spacial score (nSPS) is 17.9. The molecule has 1 aliphatic rings. The fourth-order valence-corrected chi connectivity index (χ4v) is 3.99. The van der Waals surface area contributed by atoms with Crippen molar-refractivity contribution in [3.05, 3.63) is 80.7 Å². The Kier molecular flexibility index (Phi) is 4.11. The van der Waals surface area contributed by atoms with E-state index in [2.05, 4.69) is 36.4 Å². The number of hydrogen-bond acceptors (Lipinski definition) is 6. The maximum atomic E-state index is 13.5. The van der Waals surface area contributed by atoms with E-state index in [0.29, 0.717) is 33.7 Å². The first kappa shape index (κ1) is 17.8. The first-order chi connectivity index (χ1) is 14.0. The van der Waals surface area contributed by atoms with Crippen molar-refractivity contribution < 1.29 is 4.42 Å². The number of nitrogens with one attached hydrogen (secondary N) is 2. The summed E-state index contributed by atoms with van der Waals surface area (Å²) in [6.45, 7) is 0. The standard InChI is InChI=1S/C21H16BrN5O2/c22-13-6-7-16-14(8-13)19(28)18(12-4-2-1-3-5-12)17(29-16)9-21(23)15-10-26-27-20(15)24-11-25-21/h1-8,10-11H,9,23H2,(H2,24,25,26,27). The number of aliphatic imine (C=N–C) groups is 1. The van der Waals surface area contributed by atoms with Gasteiger partial charge >= 0.3 is 0 Å². The number of halogens is 1. The molecule has 0 saturated carbocycles. The molecule has 3 heterocycles. The van der Waals surface area contributed by atoms with Gasteiger partial charge in [-0.05, 0) is 23.8 Å². The van der Waals surface area contributed by atoms with Crippen LogP contribution in [0.1, 0.15) is 11.3 Å². The van der Waals surface area contributed by atoms with Gasteiger partial charge in [0.15, 0.2) is 0 Å². The number of hydrogen-bond donors (Lipinski definition) is 3. The van der Waals surface area contributed by atoms with Crippen LogP contribution in [-0.4, -0.2) is 16.5 Å². The van der Waals surface area contributed by atoms with Crippen LogP contribution in [0, 0.1) is 0 Å². The van der Waals surface area contributed by atoms with Crippen molar-refractivity contribution >= 4 is 39.1 Å². The molecular weight excluding hydrogens is 434 g/mol. The van der Waals surface area contributed by atoms with Crippen molar-refractivity contribution in [3.8, 4) is 11.1 Å². The number of nitrogens with zero attached hydrogens (tertiary/aromatic N) is 2. The van der Waals surface area contributed by atoms with Crippen LogP contribution in [0.25, 0.3) is 22.1 Å². The second-order valence-electron chi connectivity index (χ2n) is 6.90. The molecule has 144 valence electrons. The Labute approximate surface area is 173 Å². The Morgan fingerprint density at radius 3 is 2.83 bits per heavy atom. The van der Waals surface area contributed by atoms with E-state index >= 15 is 0 Å². The summed E-state index contributed by atoms with van der Waals surface area (Å²) in [7, 11) is 0. The largest absolute Gasteiger partial charge is 0.460 e. The monoisotopic (exact) mass is 449 g/mol. The number of rotatable bonds is 3. The topological polar surface area (TPSA) is 109 Å². The minimum Gasteiger partial charge on any atom is -0.460 e. The summed E-state index contributed by atoms with van der Waals surface area (Å²) in [5.74, 6) is 1.15. The summed E-state index contributed by atoms with van der Waals surface area (Å²) < 4.78 is 7.03. The van der Waals surface area contributed by atoms with E-state index in [-0.39, 0.29) is 11.8 Å². The van der Waals surface area contributed by atoms with Gasteiger partial charge in [0, 0.05) is 10.9 Å². The summed E-state index contributed by atoms with van der Waals surface area (Å²) in [6.07, 6.45) is 3.36. The highest BCUT2D eigenvalue weighted by Crippen LogP contribution is 2.35. The van der Waals surface area contributed by atoms with Crippen molar-refractivity contribution in [2.24, 2.45) is 10.7 Å². The molecule has 2 aromatic heterocycles. The summed E-state index contributed by atoms with van der Waals surface area (Å²) in [5, 5.41) is 10.4. The fraction of sp³-hybridized carbons (Fsp3) is 0.0952. The zero-order valence-corrected chi connectivity index (χ0v) is 16.7.